The van der Waals surface area contributed by atoms with Gasteiger partial charge in [0.1, 0.15) is 0 Å². The molecule has 68 heavy (non-hydrogen) atoms. The van der Waals surface area contributed by atoms with E-state index >= 15 is 0 Å². The summed E-state index contributed by atoms with van der Waals surface area (Å²) >= 11 is 0. The van der Waals surface area contributed by atoms with Gasteiger partial charge in [-0.2, -0.15) is 0 Å². The van der Waals surface area contributed by atoms with Crippen LogP contribution in [-0.2, 0) is 24.2 Å². The minimum Gasteiger partial charge on any atom is -0.373 e. The lowest BCUT2D eigenvalue weighted by Crippen LogP contribution is -2.46. The average Bonchev–Trinajstić information content (AvgIpc) is 4.15. The number of aryl methyl sites for hydroxylation is 2. The maximum Gasteiger partial charge on any atom is 0.0678 e. The van der Waals surface area contributed by atoms with Gasteiger partial charge in [-0.25, -0.2) is 0 Å². The van der Waals surface area contributed by atoms with Crippen LogP contribution in [-0.4, -0.2) is 110 Å². The summed E-state index contributed by atoms with van der Waals surface area (Å²) in [5, 5.41) is 0. The standard InChI is InChI=1S/C13H27NO.C13H27N.C12H18N2.C11H18N2.C11H17N/c1-11(2)7-5-6-8-14-9-12(3)15-13(4)10-14;1-12(2)8-9-13(3,4)14-10-6-5-7-11-14;1-10(2)14(12-6-7-12)9-11-5-3-4-8-13-11;1-4-13(10(2)3)9-11-5-7-12-8-6-11;1-9(2)4-6-11-7-5-10(3)12-8-11/h11-13H,5-10H2,1-4H3;12H,5-11H2,1-4H3;3-5,8,10,12H,6-7,9H2,1-2H3;5-8,10H,4,9H2,1-3H3;5,7-9H,4,6H2,1-3H3. The lowest BCUT2D eigenvalue weighted by Gasteiger charge is -2.41. The van der Waals surface area contributed by atoms with E-state index in [1.54, 1.807) is 0 Å². The Bertz CT molecular complexity index is 1610. The molecule has 388 valence electrons. The summed E-state index contributed by atoms with van der Waals surface area (Å²) < 4.78 is 5.72. The highest BCUT2D eigenvalue weighted by atomic mass is 16.5. The molecule has 3 aromatic heterocycles. The molecule has 2 atom stereocenters. The smallest absolute Gasteiger partial charge is 0.0678 e. The van der Waals surface area contributed by atoms with Gasteiger partial charge in [-0.05, 0) is 205 Å². The predicted molar refractivity (Wildman–Crippen MR) is 294 cm³/mol. The fourth-order valence-electron chi connectivity index (χ4n) is 8.96. The molecule has 6 rings (SSSR count). The van der Waals surface area contributed by atoms with E-state index in [9.17, 15) is 0 Å². The molecule has 0 radical (unpaired) electrons. The maximum absolute atomic E-state index is 5.72. The Morgan fingerprint density at radius 3 is 1.82 bits per heavy atom. The fraction of sp³-hybridized carbons (Fsp3) is 0.750. The molecule has 2 aliphatic heterocycles. The molecule has 8 heteroatoms. The molecule has 1 saturated carbocycles. The highest BCUT2D eigenvalue weighted by Crippen LogP contribution is 2.30. The van der Waals surface area contributed by atoms with Crippen LogP contribution in [0.2, 0.25) is 0 Å². The van der Waals surface area contributed by atoms with Crippen LogP contribution >= 0.6 is 0 Å². The Kier molecular flexibility index (Phi) is 31.2. The second-order valence-corrected chi connectivity index (χ2v) is 22.8. The first-order chi connectivity index (χ1) is 32.3. The molecule has 5 heterocycles. The molecule has 0 amide bonds. The summed E-state index contributed by atoms with van der Waals surface area (Å²) in [5.41, 5.74) is 5.42. The van der Waals surface area contributed by atoms with Gasteiger partial charge in [-0.15, -0.1) is 0 Å². The number of likely N-dealkylation sites (tertiary alicyclic amines) is 1. The zero-order valence-corrected chi connectivity index (χ0v) is 47.2. The second kappa shape index (κ2) is 34.6. The zero-order valence-electron chi connectivity index (χ0n) is 47.2. The van der Waals surface area contributed by atoms with Gasteiger partial charge in [0, 0.05) is 80.3 Å². The summed E-state index contributed by atoms with van der Waals surface area (Å²) in [7, 11) is 0. The van der Waals surface area contributed by atoms with Crippen molar-refractivity contribution in [1.82, 2.24) is 34.6 Å². The number of unbranched alkanes of at least 4 members (excludes halogenated alkanes) is 1. The lowest BCUT2D eigenvalue weighted by molar-refractivity contribution is -0.0682. The molecule has 0 aromatic carbocycles. The predicted octanol–water partition coefficient (Wildman–Crippen LogP) is 14.4. The number of ether oxygens (including phenoxy) is 1. The minimum atomic E-state index is 0.416. The van der Waals surface area contributed by atoms with Crippen molar-refractivity contribution in [3.63, 3.8) is 0 Å². The molecule has 0 spiro atoms. The summed E-state index contributed by atoms with van der Waals surface area (Å²) in [6, 6.07) is 16.6. The Morgan fingerprint density at radius 2 is 1.32 bits per heavy atom. The van der Waals surface area contributed by atoms with Gasteiger partial charge in [0.15, 0.2) is 0 Å². The summed E-state index contributed by atoms with van der Waals surface area (Å²) in [5.74, 6) is 2.48. The monoisotopic (exact) mass is 942 g/mol. The third-order valence-electron chi connectivity index (χ3n) is 13.6. The minimum absolute atomic E-state index is 0.416. The van der Waals surface area contributed by atoms with Crippen LogP contribution in [0.4, 0.5) is 0 Å². The van der Waals surface area contributed by atoms with Crippen molar-refractivity contribution in [3.05, 3.63) is 89.8 Å². The Labute approximate surface area is 421 Å². The Balaban J connectivity index is 0.000000292. The van der Waals surface area contributed by atoms with Crippen molar-refractivity contribution in [2.45, 2.75) is 237 Å². The molecular formula is C60H107N7O. The van der Waals surface area contributed by atoms with E-state index in [0.29, 0.717) is 29.8 Å². The number of rotatable bonds is 20. The summed E-state index contributed by atoms with van der Waals surface area (Å²) in [4.78, 5) is 22.8. The van der Waals surface area contributed by atoms with Crippen LogP contribution in [0.5, 0.6) is 0 Å². The zero-order chi connectivity index (χ0) is 50.5. The lowest BCUT2D eigenvalue weighted by atomic mass is 9.90. The molecule has 2 saturated heterocycles. The van der Waals surface area contributed by atoms with Crippen molar-refractivity contribution in [3.8, 4) is 0 Å². The first-order valence-corrected chi connectivity index (χ1v) is 27.6. The molecule has 8 nitrogen and oxygen atoms in total. The summed E-state index contributed by atoms with van der Waals surface area (Å²) in [6.07, 6.45) is 24.6. The number of hydrogen-bond acceptors (Lipinski definition) is 8. The van der Waals surface area contributed by atoms with Crippen LogP contribution < -0.4 is 0 Å². The molecule has 3 fully saturated rings. The van der Waals surface area contributed by atoms with E-state index < -0.39 is 0 Å². The van der Waals surface area contributed by atoms with Crippen molar-refractivity contribution >= 4 is 0 Å². The van der Waals surface area contributed by atoms with Gasteiger partial charge >= 0.3 is 0 Å². The van der Waals surface area contributed by atoms with Crippen LogP contribution in [0, 0.1) is 24.7 Å². The van der Waals surface area contributed by atoms with E-state index in [1.165, 1.54) is 107 Å². The highest BCUT2D eigenvalue weighted by Gasteiger charge is 2.31. The van der Waals surface area contributed by atoms with Crippen molar-refractivity contribution in [2.75, 3.05) is 39.3 Å². The number of hydrogen-bond donors (Lipinski definition) is 0. The number of nitrogens with zero attached hydrogens (tertiary/aromatic N) is 7. The van der Waals surface area contributed by atoms with E-state index in [0.717, 1.165) is 68.6 Å². The topological polar surface area (TPSA) is 60.9 Å². The second-order valence-electron chi connectivity index (χ2n) is 22.8. The van der Waals surface area contributed by atoms with Gasteiger partial charge in [0.05, 0.1) is 17.9 Å². The summed E-state index contributed by atoms with van der Waals surface area (Å²) in [6.45, 7) is 45.4. The van der Waals surface area contributed by atoms with Crippen molar-refractivity contribution < 1.29 is 4.74 Å². The Hall–Kier alpha value is -2.75. The third-order valence-corrected chi connectivity index (χ3v) is 13.6. The quantitative estimate of drug-likeness (QED) is 0.104. The first kappa shape index (κ1) is 61.4. The van der Waals surface area contributed by atoms with Crippen LogP contribution in [0.1, 0.15) is 197 Å². The van der Waals surface area contributed by atoms with E-state index in [-0.39, 0.29) is 0 Å². The van der Waals surface area contributed by atoms with Gasteiger partial charge in [-0.1, -0.05) is 79.9 Å². The van der Waals surface area contributed by atoms with E-state index in [2.05, 4.69) is 175 Å². The first-order valence-electron chi connectivity index (χ1n) is 27.6. The average molecular weight is 943 g/mol. The number of morpholine rings is 1. The molecule has 0 bridgehead atoms. The molecular weight excluding hydrogens is 835 g/mol. The molecule has 3 aromatic rings. The number of aromatic nitrogens is 3. The fourth-order valence-corrected chi connectivity index (χ4v) is 8.96. The molecule has 1 aliphatic carbocycles. The van der Waals surface area contributed by atoms with Gasteiger partial charge in [0.2, 0.25) is 0 Å². The molecule has 0 N–H and O–H groups in total. The molecule has 3 aliphatic rings. The molecule has 2 unspecified atom stereocenters. The normalized spacial score (nSPS) is 17.9. The maximum atomic E-state index is 5.72. The van der Waals surface area contributed by atoms with Gasteiger partial charge in [-0.3, -0.25) is 34.6 Å². The van der Waals surface area contributed by atoms with Gasteiger partial charge < -0.3 is 4.74 Å². The highest BCUT2D eigenvalue weighted by molar-refractivity contribution is 5.13. The van der Waals surface area contributed by atoms with E-state index in [4.69, 9.17) is 4.74 Å². The number of piperidine rings is 1. The van der Waals surface area contributed by atoms with Gasteiger partial charge in [0.25, 0.3) is 0 Å². The third kappa shape index (κ3) is 28.8. The van der Waals surface area contributed by atoms with Crippen LogP contribution in [0.25, 0.3) is 0 Å². The SMILES string of the molecule is CC(C)CCC(C)(C)N1CCCCC1.CC(C)CCCCN1CC(C)OC(C)C1.CC(C)N(Cc1ccccn1)C1CC1.CCN(Cc1ccncc1)C(C)C.Cc1ccc(CCC(C)C)cn1. The van der Waals surface area contributed by atoms with E-state index in [1.807, 2.05) is 37.8 Å². The number of pyridine rings is 3. The largest absolute Gasteiger partial charge is 0.373 e. The van der Waals surface area contributed by atoms with Crippen molar-refractivity contribution in [2.24, 2.45) is 17.8 Å². The Morgan fingerprint density at radius 1 is 0.691 bits per heavy atom. The van der Waals surface area contributed by atoms with Crippen LogP contribution in [0.3, 0.4) is 0 Å². The van der Waals surface area contributed by atoms with Crippen LogP contribution in [0.15, 0.2) is 67.3 Å². The van der Waals surface area contributed by atoms with Crippen molar-refractivity contribution in [1.29, 1.82) is 0 Å².